The summed E-state index contributed by atoms with van der Waals surface area (Å²) >= 11 is 1.96. The Morgan fingerprint density at radius 3 is 2.86 bits per heavy atom. The molecule has 1 rings (SSSR count). The summed E-state index contributed by atoms with van der Waals surface area (Å²) < 4.78 is 0. The van der Waals surface area contributed by atoms with Crippen LogP contribution in [0.5, 0.6) is 0 Å². The van der Waals surface area contributed by atoms with Crippen LogP contribution < -0.4 is 10.6 Å². The van der Waals surface area contributed by atoms with Crippen molar-refractivity contribution >= 4 is 17.8 Å². The molecule has 1 aliphatic rings. The standard InChI is InChI=1S/C10H20N2OS/c1-3-11-10(13)12-8-6-5-7-9(8)14-4-2/h8-9H,3-7H2,1-2H3,(H2,11,12,13). The van der Waals surface area contributed by atoms with E-state index in [1.165, 1.54) is 12.8 Å². The number of nitrogens with one attached hydrogen (secondary N) is 2. The number of rotatable bonds is 4. The summed E-state index contributed by atoms with van der Waals surface area (Å²) in [6, 6.07) is 0.368. The molecule has 0 radical (unpaired) electrons. The smallest absolute Gasteiger partial charge is 0.315 e. The minimum absolute atomic E-state index is 0.0129. The molecule has 1 saturated carbocycles. The monoisotopic (exact) mass is 216 g/mol. The van der Waals surface area contributed by atoms with Crippen LogP contribution in [-0.4, -0.2) is 29.6 Å². The van der Waals surface area contributed by atoms with Gasteiger partial charge in [-0.1, -0.05) is 13.3 Å². The first-order valence-corrected chi connectivity index (χ1v) is 6.48. The van der Waals surface area contributed by atoms with Gasteiger partial charge >= 0.3 is 6.03 Å². The number of thioether (sulfide) groups is 1. The van der Waals surface area contributed by atoms with Gasteiger partial charge in [-0.2, -0.15) is 11.8 Å². The van der Waals surface area contributed by atoms with Gasteiger partial charge in [0.05, 0.1) is 0 Å². The van der Waals surface area contributed by atoms with E-state index in [-0.39, 0.29) is 6.03 Å². The van der Waals surface area contributed by atoms with Crippen LogP contribution in [0.4, 0.5) is 4.79 Å². The van der Waals surface area contributed by atoms with Crippen LogP contribution in [0, 0.1) is 0 Å². The highest BCUT2D eigenvalue weighted by Gasteiger charge is 2.27. The third-order valence-corrected chi connectivity index (χ3v) is 3.81. The highest BCUT2D eigenvalue weighted by molar-refractivity contribution is 7.99. The minimum atomic E-state index is -0.0129. The molecule has 82 valence electrons. The fourth-order valence-corrected chi connectivity index (χ4v) is 3.08. The number of amides is 2. The lowest BCUT2D eigenvalue weighted by Crippen LogP contribution is -2.44. The van der Waals surface area contributed by atoms with Crippen LogP contribution in [0.15, 0.2) is 0 Å². The third-order valence-electron chi connectivity index (χ3n) is 2.49. The molecule has 0 aromatic heterocycles. The number of hydrogen-bond acceptors (Lipinski definition) is 2. The van der Waals surface area contributed by atoms with E-state index in [2.05, 4.69) is 17.6 Å². The van der Waals surface area contributed by atoms with Crippen molar-refractivity contribution in [3.05, 3.63) is 0 Å². The van der Waals surface area contributed by atoms with Crippen molar-refractivity contribution in [3.8, 4) is 0 Å². The molecule has 2 N–H and O–H groups in total. The lowest BCUT2D eigenvalue weighted by molar-refractivity contribution is 0.238. The predicted molar refractivity (Wildman–Crippen MR) is 61.8 cm³/mol. The van der Waals surface area contributed by atoms with E-state index in [9.17, 15) is 4.79 Å². The van der Waals surface area contributed by atoms with E-state index in [0.717, 1.165) is 12.2 Å². The summed E-state index contributed by atoms with van der Waals surface area (Å²) in [7, 11) is 0. The van der Waals surface area contributed by atoms with E-state index >= 15 is 0 Å². The Morgan fingerprint density at radius 1 is 1.43 bits per heavy atom. The summed E-state index contributed by atoms with van der Waals surface area (Å²) in [5.74, 6) is 1.14. The average Bonchev–Trinajstić information content (AvgIpc) is 2.54. The Hall–Kier alpha value is -0.380. The molecule has 2 amide bonds. The van der Waals surface area contributed by atoms with Gasteiger partial charge in [0.15, 0.2) is 0 Å². The minimum Gasteiger partial charge on any atom is -0.338 e. The van der Waals surface area contributed by atoms with Crippen molar-refractivity contribution in [3.63, 3.8) is 0 Å². The largest absolute Gasteiger partial charge is 0.338 e. The highest BCUT2D eigenvalue weighted by atomic mass is 32.2. The molecule has 0 bridgehead atoms. The summed E-state index contributed by atoms with van der Waals surface area (Å²) in [6.45, 7) is 4.81. The van der Waals surface area contributed by atoms with Crippen LogP contribution in [0.25, 0.3) is 0 Å². The SMILES string of the molecule is CCNC(=O)NC1CCCC1SCC. The van der Waals surface area contributed by atoms with Gasteiger partial charge in [-0.25, -0.2) is 4.79 Å². The molecule has 2 unspecified atom stereocenters. The second-order valence-corrected chi connectivity index (χ2v) is 5.05. The zero-order valence-corrected chi connectivity index (χ0v) is 9.82. The van der Waals surface area contributed by atoms with Crippen LogP contribution in [0.2, 0.25) is 0 Å². The van der Waals surface area contributed by atoms with Crippen LogP contribution in [0.3, 0.4) is 0 Å². The maximum Gasteiger partial charge on any atom is 0.315 e. The topological polar surface area (TPSA) is 41.1 Å². The zero-order chi connectivity index (χ0) is 10.4. The maximum atomic E-state index is 11.3. The molecule has 0 aromatic carbocycles. The normalized spacial score (nSPS) is 26.1. The van der Waals surface area contributed by atoms with Crippen LogP contribution in [-0.2, 0) is 0 Å². The van der Waals surface area contributed by atoms with E-state index < -0.39 is 0 Å². The van der Waals surface area contributed by atoms with Crippen molar-refractivity contribution in [1.29, 1.82) is 0 Å². The van der Waals surface area contributed by atoms with Crippen molar-refractivity contribution < 1.29 is 4.79 Å². The molecule has 0 heterocycles. The molecule has 1 fully saturated rings. The summed E-state index contributed by atoms with van der Waals surface area (Å²) in [5.41, 5.74) is 0. The molecule has 3 nitrogen and oxygen atoms in total. The number of hydrogen-bond donors (Lipinski definition) is 2. The second-order valence-electron chi connectivity index (χ2n) is 3.53. The highest BCUT2D eigenvalue weighted by Crippen LogP contribution is 2.29. The van der Waals surface area contributed by atoms with Gasteiger partial charge in [-0.3, -0.25) is 0 Å². The third kappa shape index (κ3) is 3.40. The first-order valence-electron chi connectivity index (χ1n) is 5.43. The van der Waals surface area contributed by atoms with Gasteiger partial charge in [0.2, 0.25) is 0 Å². The summed E-state index contributed by atoms with van der Waals surface area (Å²) in [5, 5.41) is 6.45. The molecule has 1 aliphatic carbocycles. The quantitative estimate of drug-likeness (QED) is 0.754. The number of carbonyl (C=O) groups is 1. The van der Waals surface area contributed by atoms with Crippen LogP contribution >= 0.6 is 11.8 Å². The zero-order valence-electron chi connectivity index (χ0n) is 9.01. The molecule has 0 saturated heterocycles. The molecule has 0 spiro atoms. The Morgan fingerprint density at radius 2 is 2.21 bits per heavy atom. The van der Waals surface area contributed by atoms with Gasteiger partial charge in [-0.15, -0.1) is 0 Å². The Balaban J connectivity index is 2.31. The van der Waals surface area contributed by atoms with Gasteiger partial charge < -0.3 is 10.6 Å². The van der Waals surface area contributed by atoms with E-state index in [0.29, 0.717) is 17.8 Å². The number of carbonyl (C=O) groups excluding carboxylic acids is 1. The maximum absolute atomic E-state index is 11.3. The molecule has 4 heteroatoms. The number of urea groups is 1. The van der Waals surface area contributed by atoms with Gasteiger partial charge in [0.1, 0.15) is 0 Å². The molecular formula is C10H20N2OS. The Kier molecular flexibility index (Phi) is 5.15. The summed E-state index contributed by atoms with van der Waals surface area (Å²) in [4.78, 5) is 11.3. The first-order chi connectivity index (χ1) is 6.77. The fourth-order valence-electron chi connectivity index (χ4n) is 1.88. The van der Waals surface area contributed by atoms with E-state index in [4.69, 9.17) is 0 Å². The Labute approximate surface area is 90.4 Å². The van der Waals surface area contributed by atoms with Crippen molar-refractivity contribution in [2.24, 2.45) is 0 Å². The average molecular weight is 216 g/mol. The predicted octanol–water partition coefficient (Wildman–Crippen LogP) is 1.98. The molecule has 0 aromatic rings. The summed E-state index contributed by atoms with van der Waals surface area (Å²) in [6.07, 6.45) is 3.62. The fraction of sp³-hybridized carbons (Fsp3) is 0.900. The molecule has 14 heavy (non-hydrogen) atoms. The Bertz CT molecular complexity index is 187. The van der Waals surface area contributed by atoms with E-state index in [1.807, 2.05) is 18.7 Å². The molecule has 2 atom stereocenters. The van der Waals surface area contributed by atoms with Crippen molar-refractivity contribution in [1.82, 2.24) is 10.6 Å². The molecular weight excluding hydrogens is 196 g/mol. The van der Waals surface area contributed by atoms with Crippen LogP contribution in [0.1, 0.15) is 33.1 Å². The van der Waals surface area contributed by atoms with Crippen molar-refractivity contribution in [2.75, 3.05) is 12.3 Å². The lowest BCUT2D eigenvalue weighted by atomic mass is 10.2. The van der Waals surface area contributed by atoms with Crippen molar-refractivity contribution in [2.45, 2.75) is 44.4 Å². The van der Waals surface area contributed by atoms with Gasteiger partial charge in [0, 0.05) is 17.8 Å². The van der Waals surface area contributed by atoms with E-state index in [1.54, 1.807) is 0 Å². The lowest BCUT2D eigenvalue weighted by Gasteiger charge is -2.20. The molecule has 0 aliphatic heterocycles. The first kappa shape index (κ1) is 11.7. The second kappa shape index (κ2) is 6.17. The van der Waals surface area contributed by atoms with Gasteiger partial charge in [-0.05, 0) is 25.5 Å². The van der Waals surface area contributed by atoms with Gasteiger partial charge in [0.25, 0.3) is 0 Å².